The van der Waals surface area contributed by atoms with Crippen molar-refractivity contribution in [3.05, 3.63) is 58.0 Å². The Bertz CT molecular complexity index is 665. The normalized spacial score (nSPS) is 10.3. The molecule has 0 bridgehead atoms. The van der Waals surface area contributed by atoms with Crippen LogP contribution in [0.1, 0.15) is 23.1 Å². The van der Waals surface area contributed by atoms with Crippen molar-refractivity contribution in [1.82, 2.24) is 15.3 Å². The van der Waals surface area contributed by atoms with Crippen molar-refractivity contribution in [2.45, 2.75) is 13.8 Å². The Kier molecular flexibility index (Phi) is 4.27. The van der Waals surface area contributed by atoms with Crippen molar-refractivity contribution < 1.29 is 9.63 Å². The maximum atomic E-state index is 11.8. The largest absolute Gasteiger partial charge is 0.299 e. The Balaban J connectivity index is 2.45. The Labute approximate surface area is 116 Å². The van der Waals surface area contributed by atoms with Gasteiger partial charge in [-0.3, -0.25) is 14.4 Å². The van der Waals surface area contributed by atoms with Crippen LogP contribution in [0.15, 0.2) is 41.2 Å². The van der Waals surface area contributed by atoms with Crippen molar-refractivity contribution in [3.8, 4) is 5.69 Å². The molecule has 0 fully saturated rings. The van der Waals surface area contributed by atoms with Gasteiger partial charge in [-0.05, 0) is 26.0 Å². The van der Waals surface area contributed by atoms with Crippen LogP contribution in [-0.2, 0) is 4.84 Å². The summed E-state index contributed by atoms with van der Waals surface area (Å²) < 4.78 is 1.54. The average Bonchev–Trinajstić information content (AvgIpc) is 2.46. The molecule has 0 aliphatic rings. The summed E-state index contributed by atoms with van der Waals surface area (Å²) in [4.78, 5) is 28.4. The zero-order chi connectivity index (χ0) is 14.5. The number of carbonyl (C=O) groups excluding carboxylic acids is 1. The number of hydroxylamine groups is 1. The SMILES string of the molecule is CCONC(=O)c1nn(-c2ccccc2)c(C)cc1=O. The lowest BCUT2D eigenvalue weighted by atomic mass is 10.3. The van der Waals surface area contributed by atoms with Crippen molar-refractivity contribution in [2.75, 3.05) is 6.61 Å². The van der Waals surface area contributed by atoms with E-state index in [9.17, 15) is 9.59 Å². The van der Waals surface area contributed by atoms with Gasteiger partial charge < -0.3 is 0 Å². The third kappa shape index (κ3) is 2.92. The summed E-state index contributed by atoms with van der Waals surface area (Å²) in [6.07, 6.45) is 0. The van der Waals surface area contributed by atoms with E-state index in [0.29, 0.717) is 12.3 Å². The number of nitrogens with zero attached hydrogens (tertiary/aromatic N) is 2. The van der Waals surface area contributed by atoms with Crippen LogP contribution < -0.4 is 10.9 Å². The summed E-state index contributed by atoms with van der Waals surface area (Å²) in [5.74, 6) is -0.651. The van der Waals surface area contributed by atoms with E-state index >= 15 is 0 Å². The molecule has 6 nitrogen and oxygen atoms in total. The fraction of sp³-hybridized carbons (Fsp3) is 0.214. The summed E-state index contributed by atoms with van der Waals surface area (Å²) in [6.45, 7) is 3.79. The van der Waals surface area contributed by atoms with Crippen LogP contribution in [0.25, 0.3) is 5.69 Å². The number of amides is 1. The molecule has 20 heavy (non-hydrogen) atoms. The van der Waals surface area contributed by atoms with E-state index in [2.05, 4.69) is 10.6 Å². The maximum absolute atomic E-state index is 11.8. The average molecular weight is 273 g/mol. The van der Waals surface area contributed by atoms with Gasteiger partial charge in [-0.2, -0.15) is 5.10 Å². The summed E-state index contributed by atoms with van der Waals surface area (Å²) in [6, 6.07) is 10.7. The molecule has 0 spiro atoms. The van der Waals surface area contributed by atoms with E-state index in [-0.39, 0.29) is 5.69 Å². The first-order valence-electron chi connectivity index (χ1n) is 6.22. The van der Waals surface area contributed by atoms with Crippen molar-refractivity contribution in [3.63, 3.8) is 0 Å². The van der Waals surface area contributed by atoms with Crippen LogP contribution in [-0.4, -0.2) is 22.3 Å². The van der Waals surface area contributed by atoms with Crippen LogP contribution in [0.2, 0.25) is 0 Å². The molecule has 1 aromatic heterocycles. The first-order chi connectivity index (χ1) is 9.63. The highest BCUT2D eigenvalue weighted by Gasteiger charge is 2.15. The summed E-state index contributed by atoms with van der Waals surface area (Å²) >= 11 is 0. The second kappa shape index (κ2) is 6.12. The van der Waals surface area contributed by atoms with E-state index in [1.807, 2.05) is 30.3 Å². The quantitative estimate of drug-likeness (QED) is 0.850. The fourth-order valence-electron chi connectivity index (χ4n) is 1.72. The number of nitrogens with one attached hydrogen (secondary N) is 1. The molecule has 1 N–H and O–H groups in total. The highest BCUT2D eigenvalue weighted by Crippen LogP contribution is 2.07. The number of hydrogen-bond donors (Lipinski definition) is 1. The van der Waals surface area contributed by atoms with Crippen LogP contribution in [0.5, 0.6) is 0 Å². The van der Waals surface area contributed by atoms with E-state index < -0.39 is 11.3 Å². The standard InChI is InChI=1S/C14H15N3O3/c1-3-20-16-14(19)13-12(18)9-10(2)17(15-13)11-7-5-4-6-8-11/h4-9H,3H2,1-2H3,(H,16,19). The first kappa shape index (κ1) is 14.0. The number of rotatable bonds is 4. The van der Waals surface area contributed by atoms with Gasteiger partial charge in [0.1, 0.15) is 0 Å². The third-order valence-electron chi connectivity index (χ3n) is 2.63. The van der Waals surface area contributed by atoms with Gasteiger partial charge in [-0.1, -0.05) is 18.2 Å². The minimum Gasteiger partial charge on any atom is -0.287 e. The van der Waals surface area contributed by atoms with Crippen molar-refractivity contribution in [2.24, 2.45) is 0 Å². The Morgan fingerprint density at radius 1 is 1.35 bits per heavy atom. The maximum Gasteiger partial charge on any atom is 0.299 e. The van der Waals surface area contributed by atoms with Crippen LogP contribution in [0, 0.1) is 6.92 Å². The molecule has 6 heteroatoms. The summed E-state index contributed by atoms with van der Waals surface area (Å²) in [5, 5.41) is 4.11. The highest BCUT2D eigenvalue weighted by atomic mass is 16.6. The van der Waals surface area contributed by atoms with Gasteiger partial charge >= 0.3 is 0 Å². The molecule has 0 atom stereocenters. The number of aryl methyl sites for hydroxylation is 1. The number of carbonyl (C=O) groups is 1. The van der Waals surface area contributed by atoms with Gasteiger partial charge in [-0.25, -0.2) is 10.2 Å². The fourth-order valence-corrected chi connectivity index (χ4v) is 1.72. The first-order valence-corrected chi connectivity index (χ1v) is 6.22. The lowest BCUT2D eigenvalue weighted by Gasteiger charge is -2.10. The molecular formula is C14H15N3O3. The predicted molar refractivity (Wildman–Crippen MR) is 73.7 cm³/mol. The molecule has 1 heterocycles. The van der Waals surface area contributed by atoms with Crippen LogP contribution in [0.4, 0.5) is 0 Å². The second-order valence-corrected chi connectivity index (χ2v) is 4.11. The molecule has 1 amide bonds. The zero-order valence-electron chi connectivity index (χ0n) is 11.3. The van der Waals surface area contributed by atoms with Gasteiger partial charge in [0.25, 0.3) is 5.91 Å². The van der Waals surface area contributed by atoms with Crippen LogP contribution >= 0.6 is 0 Å². The van der Waals surface area contributed by atoms with Gasteiger partial charge in [0.05, 0.1) is 12.3 Å². The molecule has 2 aromatic rings. The zero-order valence-corrected chi connectivity index (χ0v) is 11.3. The lowest BCUT2D eigenvalue weighted by molar-refractivity contribution is 0.0357. The predicted octanol–water partition coefficient (Wildman–Crippen LogP) is 1.22. The molecule has 0 unspecified atom stereocenters. The molecular weight excluding hydrogens is 258 g/mol. The van der Waals surface area contributed by atoms with Crippen molar-refractivity contribution >= 4 is 5.91 Å². The molecule has 0 saturated heterocycles. The van der Waals surface area contributed by atoms with Crippen LogP contribution in [0.3, 0.4) is 0 Å². The molecule has 0 aliphatic heterocycles. The molecule has 2 rings (SSSR count). The van der Waals surface area contributed by atoms with Gasteiger partial charge in [0.2, 0.25) is 5.43 Å². The van der Waals surface area contributed by atoms with Crippen molar-refractivity contribution in [1.29, 1.82) is 0 Å². The topological polar surface area (TPSA) is 73.2 Å². The van der Waals surface area contributed by atoms with E-state index in [1.54, 1.807) is 18.5 Å². The Hall–Kier alpha value is -2.47. The number of hydrogen-bond acceptors (Lipinski definition) is 4. The van der Waals surface area contributed by atoms with Gasteiger partial charge in [-0.15, -0.1) is 0 Å². The molecule has 0 radical (unpaired) electrons. The molecule has 1 aromatic carbocycles. The minimum atomic E-state index is -0.651. The highest BCUT2D eigenvalue weighted by molar-refractivity contribution is 5.91. The number of para-hydroxylation sites is 1. The summed E-state index contributed by atoms with van der Waals surface area (Å²) in [5.41, 5.74) is 2.95. The van der Waals surface area contributed by atoms with E-state index in [0.717, 1.165) is 5.69 Å². The molecule has 0 saturated carbocycles. The monoisotopic (exact) mass is 273 g/mol. The summed E-state index contributed by atoms with van der Waals surface area (Å²) in [7, 11) is 0. The van der Waals surface area contributed by atoms with E-state index in [1.165, 1.54) is 6.07 Å². The minimum absolute atomic E-state index is 0.201. The Morgan fingerprint density at radius 2 is 2.05 bits per heavy atom. The van der Waals surface area contributed by atoms with E-state index in [4.69, 9.17) is 4.84 Å². The smallest absolute Gasteiger partial charge is 0.287 e. The number of benzene rings is 1. The third-order valence-corrected chi connectivity index (χ3v) is 2.63. The number of aromatic nitrogens is 2. The lowest BCUT2D eigenvalue weighted by Crippen LogP contribution is -2.32. The van der Waals surface area contributed by atoms with Gasteiger partial charge in [0.15, 0.2) is 5.69 Å². The second-order valence-electron chi connectivity index (χ2n) is 4.11. The molecule has 104 valence electrons. The van der Waals surface area contributed by atoms with Gasteiger partial charge in [0, 0.05) is 11.8 Å². The molecule has 0 aliphatic carbocycles. The Morgan fingerprint density at radius 3 is 2.70 bits per heavy atom.